The standard InChI is InChI=1S/C20H14F3NO3S/c21-20(22,23)17-13(8-12-6-3-5-11-4-1-2-7-14(11)12)9-16(25)24-15(19(26)27)10-28-18(17)24/h1-7,9,15H,8,10H2,(H,26,27). The van der Waals surface area contributed by atoms with E-state index in [1.807, 2.05) is 24.3 Å². The summed E-state index contributed by atoms with van der Waals surface area (Å²) in [6, 6.07) is 12.4. The van der Waals surface area contributed by atoms with Crippen LogP contribution in [-0.2, 0) is 17.4 Å². The molecule has 1 aliphatic heterocycles. The summed E-state index contributed by atoms with van der Waals surface area (Å²) in [4.78, 5) is 23.8. The number of carboxylic acid groups (broad SMARTS) is 1. The van der Waals surface area contributed by atoms with Gasteiger partial charge in [0.2, 0.25) is 0 Å². The summed E-state index contributed by atoms with van der Waals surface area (Å²) < 4.78 is 42.5. The Hall–Kier alpha value is -2.74. The number of fused-ring (bicyclic) bond motifs is 2. The first-order valence-corrected chi connectivity index (χ1v) is 9.44. The Bertz CT molecular complexity index is 1150. The van der Waals surface area contributed by atoms with Gasteiger partial charge in [0, 0.05) is 11.8 Å². The number of carbonyl (C=O) groups is 1. The second-order valence-electron chi connectivity index (χ2n) is 6.54. The van der Waals surface area contributed by atoms with Crippen molar-refractivity contribution in [3.05, 3.63) is 75.6 Å². The molecule has 8 heteroatoms. The zero-order chi connectivity index (χ0) is 20.1. The molecule has 1 unspecified atom stereocenters. The first-order valence-electron chi connectivity index (χ1n) is 8.45. The minimum Gasteiger partial charge on any atom is -0.480 e. The SMILES string of the molecule is O=C(O)C1CSc2c(C(F)(F)F)c(Cc3cccc4ccccc34)cc(=O)n21. The van der Waals surface area contributed by atoms with Crippen LogP contribution in [0.5, 0.6) is 0 Å². The minimum atomic E-state index is -4.70. The number of halogens is 3. The largest absolute Gasteiger partial charge is 0.480 e. The highest BCUT2D eigenvalue weighted by Gasteiger charge is 2.42. The molecule has 0 spiro atoms. The van der Waals surface area contributed by atoms with Gasteiger partial charge in [-0.3, -0.25) is 9.36 Å². The smallest absolute Gasteiger partial charge is 0.419 e. The molecule has 144 valence electrons. The molecule has 2 heterocycles. The van der Waals surface area contributed by atoms with E-state index in [0.717, 1.165) is 33.2 Å². The third-order valence-corrected chi connectivity index (χ3v) is 5.96. The molecule has 1 atom stereocenters. The van der Waals surface area contributed by atoms with Gasteiger partial charge in [0.25, 0.3) is 5.56 Å². The number of alkyl halides is 3. The number of rotatable bonds is 3. The molecule has 0 saturated heterocycles. The van der Waals surface area contributed by atoms with Gasteiger partial charge in [-0.25, -0.2) is 4.79 Å². The molecule has 4 rings (SSSR count). The second-order valence-corrected chi connectivity index (χ2v) is 7.54. The van der Waals surface area contributed by atoms with Crippen LogP contribution in [-0.4, -0.2) is 21.4 Å². The monoisotopic (exact) mass is 405 g/mol. The van der Waals surface area contributed by atoms with Crippen molar-refractivity contribution in [3.63, 3.8) is 0 Å². The van der Waals surface area contributed by atoms with E-state index in [1.54, 1.807) is 18.2 Å². The Morgan fingerprint density at radius 2 is 1.86 bits per heavy atom. The average molecular weight is 405 g/mol. The molecule has 28 heavy (non-hydrogen) atoms. The molecule has 0 amide bonds. The van der Waals surface area contributed by atoms with Crippen molar-refractivity contribution in [3.8, 4) is 0 Å². The molecule has 0 bridgehead atoms. The fourth-order valence-corrected chi connectivity index (χ4v) is 4.95. The molecule has 1 aromatic heterocycles. The minimum absolute atomic E-state index is 0.0719. The fraction of sp³-hybridized carbons (Fsp3) is 0.200. The molecule has 0 saturated carbocycles. The first kappa shape index (κ1) is 18.6. The van der Waals surface area contributed by atoms with Gasteiger partial charge in [-0.1, -0.05) is 42.5 Å². The molecular weight excluding hydrogens is 391 g/mol. The van der Waals surface area contributed by atoms with Crippen LogP contribution in [0.3, 0.4) is 0 Å². The maximum atomic E-state index is 13.9. The molecule has 0 fully saturated rings. The van der Waals surface area contributed by atoms with E-state index in [1.165, 1.54) is 0 Å². The van der Waals surface area contributed by atoms with Gasteiger partial charge >= 0.3 is 12.1 Å². The Balaban J connectivity index is 1.92. The number of pyridine rings is 1. The van der Waals surface area contributed by atoms with Crippen LogP contribution >= 0.6 is 11.8 Å². The zero-order valence-corrected chi connectivity index (χ0v) is 15.2. The summed E-state index contributed by atoms with van der Waals surface area (Å²) in [5.74, 6) is -1.42. The van der Waals surface area contributed by atoms with Gasteiger partial charge in [-0.15, -0.1) is 11.8 Å². The molecule has 0 radical (unpaired) electrons. The number of hydrogen-bond donors (Lipinski definition) is 1. The lowest BCUT2D eigenvalue weighted by Crippen LogP contribution is -2.31. The molecule has 1 N–H and O–H groups in total. The number of nitrogens with zero attached hydrogens (tertiary/aromatic N) is 1. The van der Waals surface area contributed by atoms with Crippen molar-refractivity contribution in [2.45, 2.75) is 23.7 Å². The maximum absolute atomic E-state index is 13.9. The molecule has 1 aliphatic rings. The number of aromatic nitrogens is 1. The fourth-order valence-electron chi connectivity index (χ4n) is 3.59. The topological polar surface area (TPSA) is 59.3 Å². The molecule has 2 aromatic carbocycles. The quantitative estimate of drug-likeness (QED) is 0.704. The third kappa shape index (κ3) is 3.07. The van der Waals surface area contributed by atoms with Crippen LogP contribution in [0.1, 0.15) is 22.7 Å². The van der Waals surface area contributed by atoms with Gasteiger partial charge in [-0.2, -0.15) is 13.2 Å². The summed E-state index contributed by atoms with van der Waals surface area (Å²) >= 11 is 0.762. The summed E-state index contributed by atoms with van der Waals surface area (Å²) in [5, 5.41) is 10.6. The number of aliphatic carboxylic acids is 1. The Labute approximate surface area is 161 Å². The van der Waals surface area contributed by atoms with Gasteiger partial charge in [0.05, 0.1) is 10.6 Å². The summed E-state index contributed by atoms with van der Waals surface area (Å²) in [5.41, 5.74) is -1.12. The van der Waals surface area contributed by atoms with Crippen LogP contribution in [0.2, 0.25) is 0 Å². The van der Waals surface area contributed by atoms with Crippen molar-refractivity contribution < 1.29 is 23.1 Å². The number of carboxylic acids is 1. The van der Waals surface area contributed by atoms with Gasteiger partial charge in [0.1, 0.15) is 6.04 Å². The molecule has 4 nitrogen and oxygen atoms in total. The first-order chi connectivity index (χ1) is 13.3. The molecular formula is C20H14F3NO3S. The summed E-state index contributed by atoms with van der Waals surface area (Å²) in [6.07, 6.45) is -4.78. The van der Waals surface area contributed by atoms with Gasteiger partial charge in [0.15, 0.2) is 0 Å². The van der Waals surface area contributed by atoms with E-state index >= 15 is 0 Å². The van der Waals surface area contributed by atoms with E-state index in [-0.39, 0.29) is 22.8 Å². The summed E-state index contributed by atoms with van der Waals surface area (Å²) in [7, 11) is 0. The zero-order valence-electron chi connectivity index (χ0n) is 14.4. The highest BCUT2D eigenvalue weighted by atomic mass is 32.2. The Morgan fingerprint density at radius 1 is 1.14 bits per heavy atom. The van der Waals surface area contributed by atoms with Crippen LogP contribution in [0.4, 0.5) is 13.2 Å². The number of hydrogen-bond acceptors (Lipinski definition) is 3. The van der Waals surface area contributed by atoms with Crippen molar-refractivity contribution >= 4 is 28.5 Å². The molecule has 0 aliphatic carbocycles. The second kappa shape index (κ2) is 6.70. The van der Waals surface area contributed by atoms with E-state index < -0.39 is 29.3 Å². The van der Waals surface area contributed by atoms with Crippen LogP contribution < -0.4 is 5.56 Å². The Morgan fingerprint density at radius 3 is 2.57 bits per heavy atom. The normalized spacial score (nSPS) is 16.3. The van der Waals surface area contributed by atoms with Crippen molar-refractivity contribution in [1.82, 2.24) is 4.57 Å². The van der Waals surface area contributed by atoms with E-state index in [4.69, 9.17) is 0 Å². The third-order valence-electron chi connectivity index (χ3n) is 4.81. The lowest BCUT2D eigenvalue weighted by molar-refractivity contribution is -0.143. The van der Waals surface area contributed by atoms with Crippen molar-refractivity contribution in [2.24, 2.45) is 0 Å². The van der Waals surface area contributed by atoms with E-state index in [9.17, 15) is 27.9 Å². The predicted molar refractivity (Wildman–Crippen MR) is 99.9 cm³/mol. The van der Waals surface area contributed by atoms with Crippen LogP contribution in [0, 0.1) is 0 Å². The average Bonchev–Trinajstić information content (AvgIpc) is 3.06. The number of thioether (sulfide) groups is 1. The van der Waals surface area contributed by atoms with Crippen LogP contribution in [0.15, 0.2) is 58.4 Å². The highest BCUT2D eigenvalue weighted by Crippen LogP contribution is 2.44. The Kier molecular flexibility index (Phi) is 4.45. The van der Waals surface area contributed by atoms with Crippen molar-refractivity contribution in [2.75, 3.05) is 5.75 Å². The van der Waals surface area contributed by atoms with E-state index in [2.05, 4.69) is 0 Å². The molecule has 3 aromatic rings. The van der Waals surface area contributed by atoms with E-state index in [0.29, 0.717) is 5.56 Å². The number of benzene rings is 2. The lowest BCUT2D eigenvalue weighted by atomic mass is 9.96. The maximum Gasteiger partial charge on any atom is 0.419 e. The predicted octanol–water partition coefficient (Wildman–Crippen LogP) is 4.34. The summed E-state index contributed by atoms with van der Waals surface area (Å²) in [6.45, 7) is 0. The van der Waals surface area contributed by atoms with Gasteiger partial charge < -0.3 is 5.11 Å². The van der Waals surface area contributed by atoms with Gasteiger partial charge in [-0.05, 0) is 28.3 Å². The lowest BCUT2D eigenvalue weighted by Gasteiger charge is -2.19. The highest BCUT2D eigenvalue weighted by molar-refractivity contribution is 7.99. The van der Waals surface area contributed by atoms with Crippen LogP contribution in [0.25, 0.3) is 10.8 Å². The van der Waals surface area contributed by atoms with Crippen molar-refractivity contribution in [1.29, 1.82) is 0 Å².